The lowest BCUT2D eigenvalue weighted by Gasteiger charge is -2.37. The van der Waals surface area contributed by atoms with Crippen LogP contribution in [0.4, 0.5) is 0 Å². The molecule has 2 saturated heterocycles. The summed E-state index contributed by atoms with van der Waals surface area (Å²) in [6, 6.07) is 8.42. The van der Waals surface area contributed by atoms with E-state index >= 15 is 0 Å². The highest BCUT2D eigenvalue weighted by atomic mass is 32.2. The van der Waals surface area contributed by atoms with Gasteiger partial charge in [0.15, 0.2) is 0 Å². The van der Waals surface area contributed by atoms with E-state index in [4.69, 9.17) is 0 Å². The van der Waals surface area contributed by atoms with Crippen molar-refractivity contribution in [3.8, 4) is 0 Å². The fourth-order valence-electron chi connectivity index (χ4n) is 3.41. The molecule has 128 valence electrons. The van der Waals surface area contributed by atoms with Crippen LogP contribution in [0.25, 0.3) is 0 Å². The van der Waals surface area contributed by atoms with Crippen molar-refractivity contribution in [2.75, 3.05) is 39.3 Å². The number of rotatable bonds is 4. The summed E-state index contributed by atoms with van der Waals surface area (Å²) in [7, 11) is -3.25. The maximum atomic E-state index is 12.7. The van der Waals surface area contributed by atoms with E-state index in [9.17, 15) is 8.42 Å². The van der Waals surface area contributed by atoms with Gasteiger partial charge in [-0.2, -0.15) is 17.0 Å². The standard InChI is InChI=1S/C17H27N3O2S/c1-16-7-3-4-8-17(16)15-18-11-13-20(14-12-18)23(21,22)19-9-5-2-6-10-19/h3-4,7-8H,2,5-6,9-15H2,1H3. The van der Waals surface area contributed by atoms with Gasteiger partial charge in [0, 0.05) is 45.8 Å². The second-order valence-electron chi connectivity index (χ2n) is 6.57. The van der Waals surface area contributed by atoms with E-state index in [1.807, 2.05) is 0 Å². The Balaban J connectivity index is 1.57. The molecule has 1 aromatic rings. The van der Waals surface area contributed by atoms with E-state index in [0.717, 1.165) is 38.9 Å². The molecule has 5 nitrogen and oxygen atoms in total. The maximum Gasteiger partial charge on any atom is 0.282 e. The molecule has 2 heterocycles. The molecule has 0 atom stereocenters. The molecule has 2 fully saturated rings. The summed E-state index contributed by atoms with van der Waals surface area (Å²) in [5, 5.41) is 0. The van der Waals surface area contributed by atoms with E-state index in [1.54, 1.807) is 8.61 Å². The summed E-state index contributed by atoms with van der Waals surface area (Å²) in [5.74, 6) is 0. The molecule has 23 heavy (non-hydrogen) atoms. The summed E-state index contributed by atoms with van der Waals surface area (Å²) in [5.41, 5.74) is 2.63. The molecule has 0 bridgehead atoms. The van der Waals surface area contributed by atoms with Gasteiger partial charge in [0.05, 0.1) is 0 Å². The zero-order valence-electron chi connectivity index (χ0n) is 13.9. The van der Waals surface area contributed by atoms with Crippen LogP contribution < -0.4 is 0 Å². The fraction of sp³-hybridized carbons (Fsp3) is 0.647. The van der Waals surface area contributed by atoms with Crippen LogP contribution in [0.15, 0.2) is 24.3 Å². The van der Waals surface area contributed by atoms with Gasteiger partial charge in [0.1, 0.15) is 0 Å². The topological polar surface area (TPSA) is 43.9 Å². The average molecular weight is 337 g/mol. The molecule has 0 saturated carbocycles. The minimum absolute atomic E-state index is 0.602. The Hall–Kier alpha value is -0.950. The third-order valence-corrected chi connectivity index (χ3v) is 6.99. The van der Waals surface area contributed by atoms with Crippen LogP contribution in [0, 0.1) is 6.92 Å². The van der Waals surface area contributed by atoms with Gasteiger partial charge in [-0.1, -0.05) is 30.7 Å². The summed E-state index contributed by atoms with van der Waals surface area (Å²) in [4.78, 5) is 2.35. The van der Waals surface area contributed by atoms with Crippen LogP contribution in [-0.4, -0.2) is 61.2 Å². The Morgan fingerprint density at radius 2 is 1.48 bits per heavy atom. The van der Waals surface area contributed by atoms with E-state index in [0.29, 0.717) is 26.2 Å². The molecule has 2 aliphatic rings. The first kappa shape index (κ1) is 16.9. The predicted molar refractivity (Wildman–Crippen MR) is 92.4 cm³/mol. The van der Waals surface area contributed by atoms with Crippen LogP contribution in [0.2, 0.25) is 0 Å². The minimum Gasteiger partial charge on any atom is -0.296 e. The zero-order valence-corrected chi connectivity index (χ0v) is 14.8. The largest absolute Gasteiger partial charge is 0.296 e. The van der Waals surface area contributed by atoms with Crippen molar-refractivity contribution in [3.05, 3.63) is 35.4 Å². The number of hydrogen-bond acceptors (Lipinski definition) is 3. The lowest BCUT2D eigenvalue weighted by atomic mass is 10.1. The number of piperidine rings is 1. The summed E-state index contributed by atoms with van der Waals surface area (Å²) < 4.78 is 28.7. The second kappa shape index (κ2) is 7.30. The average Bonchev–Trinajstić information content (AvgIpc) is 2.58. The lowest BCUT2D eigenvalue weighted by Crippen LogP contribution is -2.53. The van der Waals surface area contributed by atoms with Crippen molar-refractivity contribution in [1.82, 2.24) is 13.5 Å². The number of benzene rings is 1. The number of hydrogen-bond donors (Lipinski definition) is 0. The van der Waals surface area contributed by atoms with Gasteiger partial charge in [0.25, 0.3) is 10.2 Å². The molecule has 0 aliphatic carbocycles. The van der Waals surface area contributed by atoms with Crippen LogP contribution in [0.1, 0.15) is 30.4 Å². The van der Waals surface area contributed by atoms with Gasteiger partial charge in [-0.05, 0) is 30.9 Å². The first-order valence-electron chi connectivity index (χ1n) is 8.59. The van der Waals surface area contributed by atoms with E-state index < -0.39 is 10.2 Å². The highest BCUT2D eigenvalue weighted by molar-refractivity contribution is 7.86. The quantitative estimate of drug-likeness (QED) is 0.842. The Bertz CT molecular complexity index is 618. The van der Waals surface area contributed by atoms with Gasteiger partial charge in [-0.25, -0.2) is 0 Å². The highest BCUT2D eigenvalue weighted by Crippen LogP contribution is 2.19. The van der Waals surface area contributed by atoms with Crippen molar-refractivity contribution in [3.63, 3.8) is 0 Å². The molecule has 2 aliphatic heterocycles. The Morgan fingerprint density at radius 3 is 2.13 bits per heavy atom. The Labute approximate surface area is 140 Å². The molecule has 0 spiro atoms. The van der Waals surface area contributed by atoms with Crippen molar-refractivity contribution >= 4 is 10.2 Å². The van der Waals surface area contributed by atoms with Gasteiger partial charge in [0.2, 0.25) is 0 Å². The SMILES string of the molecule is Cc1ccccc1CN1CCN(S(=O)(=O)N2CCCCC2)CC1. The monoisotopic (exact) mass is 337 g/mol. The van der Waals surface area contributed by atoms with Crippen LogP contribution in [0.5, 0.6) is 0 Å². The van der Waals surface area contributed by atoms with Gasteiger partial charge in [-0.15, -0.1) is 0 Å². The number of piperazine rings is 1. The van der Waals surface area contributed by atoms with E-state index in [1.165, 1.54) is 11.1 Å². The number of aryl methyl sites for hydroxylation is 1. The van der Waals surface area contributed by atoms with E-state index in [2.05, 4.69) is 36.1 Å². The van der Waals surface area contributed by atoms with Crippen molar-refractivity contribution in [2.45, 2.75) is 32.7 Å². The van der Waals surface area contributed by atoms with Gasteiger partial charge < -0.3 is 0 Å². The lowest BCUT2D eigenvalue weighted by molar-refractivity contribution is 0.172. The predicted octanol–water partition coefficient (Wildman–Crippen LogP) is 1.84. The van der Waals surface area contributed by atoms with Crippen molar-refractivity contribution < 1.29 is 8.42 Å². The molecule has 0 amide bonds. The van der Waals surface area contributed by atoms with Gasteiger partial charge >= 0.3 is 0 Å². The maximum absolute atomic E-state index is 12.7. The molecule has 0 aromatic heterocycles. The van der Waals surface area contributed by atoms with E-state index in [-0.39, 0.29) is 0 Å². The summed E-state index contributed by atoms with van der Waals surface area (Å²) >= 11 is 0. The molecule has 0 N–H and O–H groups in total. The smallest absolute Gasteiger partial charge is 0.282 e. The molecule has 0 unspecified atom stereocenters. The Kier molecular flexibility index (Phi) is 5.36. The molecule has 1 aromatic carbocycles. The normalized spacial score (nSPS) is 22.3. The summed E-state index contributed by atoms with van der Waals surface area (Å²) in [6.45, 7) is 7.23. The minimum atomic E-state index is -3.25. The van der Waals surface area contributed by atoms with Crippen LogP contribution >= 0.6 is 0 Å². The van der Waals surface area contributed by atoms with Crippen molar-refractivity contribution in [2.24, 2.45) is 0 Å². The molecular formula is C17H27N3O2S. The third-order valence-electron chi connectivity index (χ3n) is 4.95. The van der Waals surface area contributed by atoms with Crippen LogP contribution in [-0.2, 0) is 16.8 Å². The third kappa shape index (κ3) is 3.94. The molecule has 6 heteroatoms. The second-order valence-corrected chi connectivity index (χ2v) is 8.50. The Morgan fingerprint density at radius 1 is 0.870 bits per heavy atom. The van der Waals surface area contributed by atoms with Crippen LogP contribution in [0.3, 0.4) is 0 Å². The zero-order chi connectivity index (χ0) is 16.3. The molecule has 3 rings (SSSR count). The summed E-state index contributed by atoms with van der Waals surface area (Å²) in [6.07, 6.45) is 3.13. The number of nitrogens with zero attached hydrogens (tertiary/aromatic N) is 3. The first-order chi connectivity index (χ1) is 11.1. The first-order valence-corrected chi connectivity index (χ1v) is 9.99. The molecular weight excluding hydrogens is 310 g/mol. The molecule has 0 radical (unpaired) electrons. The van der Waals surface area contributed by atoms with Crippen molar-refractivity contribution in [1.29, 1.82) is 0 Å². The van der Waals surface area contributed by atoms with Gasteiger partial charge in [-0.3, -0.25) is 4.90 Å². The highest BCUT2D eigenvalue weighted by Gasteiger charge is 2.32. The fourth-order valence-corrected chi connectivity index (χ4v) is 5.08.